The van der Waals surface area contributed by atoms with Crippen LogP contribution in [0.15, 0.2) is 48.5 Å². The first-order valence-electron chi connectivity index (χ1n) is 13.9. The third kappa shape index (κ3) is 10.2. The van der Waals surface area contributed by atoms with E-state index in [1.807, 2.05) is 24.3 Å². The van der Waals surface area contributed by atoms with Crippen LogP contribution in [0.4, 0.5) is 0 Å². The maximum atomic E-state index is 11.8. The van der Waals surface area contributed by atoms with E-state index in [4.69, 9.17) is 14.2 Å². The van der Waals surface area contributed by atoms with Crippen molar-refractivity contribution in [2.24, 2.45) is 0 Å². The Bertz CT molecular complexity index is 779. The normalized spacial score (nSPS) is 17.0. The number of hydrogen-bond acceptors (Lipinski definition) is 4. The van der Waals surface area contributed by atoms with Crippen LogP contribution in [0.25, 0.3) is 0 Å². The quantitative estimate of drug-likeness (QED) is 0.381. The van der Waals surface area contributed by atoms with E-state index in [1.165, 1.54) is 44.9 Å². The molecule has 4 nitrogen and oxygen atoms in total. The highest BCUT2D eigenvalue weighted by Gasteiger charge is 2.27. The van der Waals surface area contributed by atoms with Crippen molar-refractivity contribution in [3.05, 3.63) is 59.7 Å². The molecule has 2 aromatic carbocycles. The van der Waals surface area contributed by atoms with Crippen molar-refractivity contribution in [1.29, 1.82) is 0 Å². The van der Waals surface area contributed by atoms with E-state index in [9.17, 15) is 5.11 Å². The molecular weight excluding hydrogens is 436 g/mol. The number of fused-ring (bicyclic) bond motifs is 2. The molecule has 0 radical (unpaired) electrons. The number of rotatable bonds is 9. The van der Waals surface area contributed by atoms with E-state index < -0.39 is 5.60 Å². The minimum atomic E-state index is -0.692. The van der Waals surface area contributed by atoms with Gasteiger partial charge in [0.05, 0.1) is 18.8 Å². The molecule has 194 valence electrons. The third-order valence-corrected chi connectivity index (χ3v) is 7.13. The molecule has 2 aromatic rings. The SMILES string of the molecule is CCCCCCCCCCC1(O)CCc2ccccc2OCCOCCOc2ccccc2CC1. The highest BCUT2D eigenvalue weighted by molar-refractivity contribution is 5.34. The van der Waals surface area contributed by atoms with Crippen molar-refractivity contribution in [3.8, 4) is 11.5 Å². The Labute approximate surface area is 213 Å². The van der Waals surface area contributed by atoms with Crippen molar-refractivity contribution < 1.29 is 19.3 Å². The molecule has 1 heterocycles. The molecule has 0 amide bonds. The van der Waals surface area contributed by atoms with Gasteiger partial charge < -0.3 is 19.3 Å². The zero-order chi connectivity index (χ0) is 24.6. The largest absolute Gasteiger partial charge is 0.491 e. The molecular formula is C31H46O4. The summed E-state index contributed by atoms with van der Waals surface area (Å²) in [5.74, 6) is 1.80. The molecule has 0 saturated heterocycles. The van der Waals surface area contributed by atoms with Gasteiger partial charge in [0.2, 0.25) is 0 Å². The second kappa shape index (κ2) is 15.9. The molecule has 0 spiro atoms. The van der Waals surface area contributed by atoms with Gasteiger partial charge in [0.1, 0.15) is 24.7 Å². The summed E-state index contributed by atoms with van der Waals surface area (Å²) >= 11 is 0. The molecule has 4 heteroatoms. The molecule has 1 aliphatic rings. The number of benzene rings is 2. The molecule has 0 bridgehead atoms. The third-order valence-electron chi connectivity index (χ3n) is 7.13. The fourth-order valence-corrected chi connectivity index (χ4v) is 4.92. The lowest BCUT2D eigenvalue weighted by atomic mass is 9.84. The van der Waals surface area contributed by atoms with Crippen LogP contribution in [0.2, 0.25) is 0 Å². The zero-order valence-corrected chi connectivity index (χ0v) is 21.8. The Balaban J connectivity index is 1.65. The summed E-state index contributed by atoms with van der Waals surface area (Å²) < 4.78 is 17.7. The minimum Gasteiger partial charge on any atom is -0.491 e. The fourth-order valence-electron chi connectivity index (χ4n) is 4.92. The summed E-state index contributed by atoms with van der Waals surface area (Å²) in [6, 6.07) is 16.4. The maximum absolute atomic E-state index is 11.8. The highest BCUT2D eigenvalue weighted by Crippen LogP contribution is 2.31. The van der Waals surface area contributed by atoms with Crippen molar-refractivity contribution in [1.82, 2.24) is 0 Å². The van der Waals surface area contributed by atoms with Gasteiger partial charge >= 0.3 is 0 Å². The first kappa shape index (κ1) is 27.5. The molecule has 0 unspecified atom stereocenters. The molecule has 0 aromatic heterocycles. The van der Waals surface area contributed by atoms with Gasteiger partial charge in [-0.2, -0.15) is 0 Å². The highest BCUT2D eigenvalue weighted by atomic mass is 16.5. The molecule has 0 fully saturated rings. The average Bonchev–Trinajstić information content (AvgIpc) is 2.88. The van der Waals surface area contributed by atoms with E-state index in [2.05, 4.69) is 31.2 Å². The lowest BCUT2D eigenvalue weighted by molar-refractivity contribution is 0.0118. The van der Waals surface area contributed by atoms with Crippen LogP contribution in [0.1, 0.15) is 88.7 Å². The van der Waals surface area contributed by atoms with Gasteiger partial charge in [0, 0.05) is 0 Å². The fraction of sp³-hybridized carbons (Fsp3) is 0.613. The number of para-hydroxylation sites is 2. The number of ether oxygens (including phenoxy) is 3. The Hall–Kier alpha value is -2.04. The summed E-state index contributed by atoms with van der Waals surface area (Å²) in [6.07, 6.45) is 14.2. The second-order valence-corrected chi connectivity index (χ2v) is 9.97. The molecule has 35 heavy (non-hydrogen) atoms. The summed E-state index contributed by atoms with van der Waals surface area (Å²) in [5, 5.41) is 11.8. The van der Waals surface area contributed by atoms with Crippen molar-refractivity contribution in [3.63, 3.8) is 0 Å². The molecule has 1 aliphatic heterocycles. The van der Waals surface area contributed by atoms with Gasteiger partial charge in [-0.15, -0.1) is 0 Å². The maximum Gasteiger partial charge on any atom is 0.122 e. The summed E-state index contributed by atoms with van der Waals surface area (Å²) in [4.78, 5) is 0. The summed E-state index contributed by atoms with van der Waals surface area (Å²) in [7, 11) is 0. The molecule has 0 atom stereocenters. The number of hydrogen-bond donors (Lipinski definition) is 1. The van der Waals surface area contributed by atoms with Crippen molar-refractivity contribution >= 4 is 0 Å². The molecule has 3 rings (SSSR count). The van der Waals surface area contributed by atoms with E-state index >= 15 is 0 Å². The van der Waals surface area contributed by atoms with Gasteiger partial charge in [-0.3, -0.25) is 0 Å². The van der Waals surface area contributed by atoms with E-state index in [1.54, 1.807) is 0 Å². The average molecular weight is 483 g/mol. The Morgan fingerprint density at radius 2 is 1.14 bits per heavy atom. The predicted octanol–water partition coefficient (Wildman–Crippen LogP) is 7.30. The van der Waals surface area contributed by atoms with Gasteiger partial charge in [0.25, 0.3) is 0 Å². The van der Waals surface area contributed by atoms with Gasteiger partial charge in [-0.25, -0.2) is 0 Å². The number of unbranched alkanes of at least 4 members (excludes halogenated alkanes) is 7. The van der Waals surface area contributed by atoms with Crippen molar-refractivity contribution in [2.45, 2.75) is 96.0 Å². The zero-order valence-electron chi connectivity index (χ0n) is 21.8. The first-order chi connectivity index (χ1) is 17.2. The number of aryl methyl sites for hydroxylation is 2. The van der Waals surface area contributed by atoms with Crippen LogP contribution in [0.3, 0.4) is 0 Å². The Kier molecular flexibility index (Phi) is 12.5. The second-order valence-electron chi connectivity index (χ2n) is 9.97. The van der Waals surface area contributed by atoms with Crippen LogP contribution >= 0.6 is 0 Å². The standard InChI is InChI=1S/C31H46O4/c1-2-3-4-5-6-7-8-13-20-31(32)21-18-27-14-9-11-16-29(27)34-25-23-33-24-26-35-30-17-12-10-15-28(30)19-22-31/h9-12,14-17,32H,2-8,13,18-26H2,1H3. The van der Waals surface area contributed by atoms with Crippen LogP contribution in [-0.2, 0) is 17.6 Å². The van der Waals surface area contributed by atoms with Gasteiger partial charge in [0.15, 0.2) is 0 Å². The Morgan fingerprint density at radius 1 is 0.657 bits per heavy atom. The van der Waals surface area contributed by atoms with E-state index in [0.717, 1.165) is 61.2 Å². The summed E-state index contributed by atoms with van der Waals surface area (Å²) in [6.45, 7) is 4.34. The van der Waals surface area contributed by atoms with Gasteiger partial charge in [-0.05, 0) is 55.4 Å². The molecule has 0 aliphatic carbocycles. The predicted molar refractivity (Wildman–Crippen MR) is 144 cm³/mol. The van der Waals surface area contributed by atoms with Crippen LogP contribution in [-0.4, -0.2) is 37.1 Å². The molecule has 1 N–H and O–H groups in total. The minimum absolute atomic E-state index is 0.510. The van der Waals surface area contributed by atoms with E-state index in [0.29, 0.717) is 26.4 Å². The molecule has 0 saturated carbocycles. The van der Waals surface area contributed by atoms with E-state index in [-0.39, 0.29) is 0 Å². The Morgan fingerprint density at radius 3 is 1.69 bits per heavy atom. The van der Waals surface area contributed by atoms with Crippen LogP contribution < -0.4 is 9.47 Å². The van der Waals surface area contributed by atoms with Crippen LogP contribution in [0, 0.1) is 0 Å². The van der Waals surface area contributed by atoms with Gasteiger partial charge in [-0.1, -0.05) is 94.7 Å². The lowest BCUT2D eigenvalue weighted by Crippen LogP contribution is -2.30. The van der Waals surface area contributed by atoms with Crippen molar-refractivity contribution in [2.75, 3.05) is 26.4 Å². The topological polar surface area (TPSA) is 47.9 Å². The smallest absolute Gasteiger partial charge is 0.122 e. The van der Waals surface area contributed by atoms with Crippen LogP contribution in [0.5, 0.6) is 11.5 Å². The number of aliphatic hydroxyl groups is 1. The lowest BCUT2D eigenvalue weighted by Gasteiger charge is -2.29. The monoisotopic (exact) mass is 482 g/mol. The first-order valence-corrected chi connectivity index (χ1v) is 13.9. The summed E-state index contributed by atoms with van der Waals surface area (Å²) in [5.41, 5.74) is 1.64.